The molecule has 0 spiro atoms. The molecule has 0 N–H and O–H groups in total. The number of rotatable bonds is 12. The zero-order chi connectivity index (χ0) is 29.6. The fourth-order valence-corrected chi connectivity index (χ4v) is 7.89. The molecule has 3 rings (SSSR count). The standard InChI is InChI=1S/C36H58NO2P/c1-11-13-15-20-36(12-2,40-32-19-18-27(3)23-31(32)37-21-16-14-17-22-37)30-25-28(34(4,5)6)24-29(35(7,8)9)33(30)39-26-38-10/h18-19,23-25,40H,11-17,20-22,26H2,1-10H3. The van der Waals surface area contributed by atoms with E-state index in [4.69, 9.17) is 9.47 Å². The number of aryl methyl sites for hydroxylation is 1. The van der Waals surface area contributed by atoms with Crippen molar-refractivity contribution < 1.29 is 9.47 Å². The number of anilines is 1. The molecular formula is C36H58NO2P. The Labute approximate surface area is 248 Å². The van der Waals surface area contributed by atoms with E-state index >= 15 is 0 Å². The first-order valence-electron chi connectivity index (χ1n) is 15.8. The Balaban J connectivity index is 2.30. The number of ether oxygens (including phenoxy) is 2. The van der Waals surface area contributed by atoms with E-state index in [-0.39, 0.29) is 22.8 Å². The minimum absolute atomic E-state index is 0.000695. The third-order valence-electron chi connectivity index (χ3n) is 8.63. The Hall–Kier alpha value is -1.57. The van der Waals surface area contributed by atoms with Crippen LogP contribution in [0.25, 0.3) is 0 Å². The molecule has 2 unspecified atom stereocenters. The van der Waals surface area contributed by atoms with Crippen LogP contribution in [0.4, 0.5) is 5.69 Å². The molecule has 0 radical (unpaired) electrons. The van der Waals surface area contributed by atoms with Gasteiger partial charge in [-0.15, -0.1) is 0 Å². The van der Waals surface area contributed by atoms with Crippen LogP contribution in [0.5, 0.6) is 5.75 Å². The van der Waals surface area contributed by atoms with E-state index in [1.165, 1.54) is 91.3 Å². The second kappa shape index (κ2) is 14.1. The van der Waals surface area contributed by atoms with Gasteiger partial charge in [0.05, 0.1) is 0 Å². The SMILES string of the molecule is CCCCCC(CC)(Pc1ccc(C)cc1N1CCCCC1)c1cc(C(C)(C)C)cc(C(C)(C)C)c1OCOC. The van der Waals surface area contributed by atoms with E-state index < -0.39 is 0 Å². The normalized spacial score (nSPS) is 16.5. The summed E-state index contributed by atoms with van der Waals surface area (Å²) in [6.07, 6.45) is 9.93. The van der Waals surface area contributed by atoms with Crippen LogP contribution in [0.2, 0.25) is 0 Å². The van der Waals surface area contributed by atoms with Gasteiger partial charge in [0.2, 0.25) is 0 Å². The average molecular weight is 568 g/mol. The van der Waals surface area contributed by atoms with Gasteiger partial charge in [0.15, 0.2) is 6.79 Å². The van der Waals surface area contributed by atoms with E-state index in [9.17, 15) is 0 Å². The summed E-state index contributed by atoms with van der Waals surface area (Å²) in [6, 6.07) is 12.1. The van der Waals surface area contributed by atoms with Crippen molar-refractivity contribution >= 4 is 19.6 Å². The zero-order valence-corrected chi connectivity index (χ0v) is 28.4. The van der Waals surface area contributed by atoms with Gasteiger partial charge in [-0.1, -0.05) is 107 Å². The van der Waals surface area contributed by atoms with Gasteiger partial charge in [0.25, 0.3) is 0 Å². The van der Waals surface area contributed by atoms with Crippen LogP contribution in [-0.2, 0) is 20.7 Å². The number of hydrogen-bond donors (Lipinski definition) is 0. The number of nitrogens with zero attached hydrogens (tertiary/aromatic N) is 1. The third-order valence-corrected chi connectivity index (χ3v) is 10.7. The highest BCUT2D eigenvalue weighted by Gasteiger charge is 2.38. The van der Waals surface area contributed by atoms with Gasteiger partial charge in [-0.2, -0.15) is 0 Å². The Morgan fingerprint density at radius 2 is 1.52 bits per heavy atom. The van der Waals surface area contributed by atoms with Gasteiger partial charge in [0, 0.05) is 42.2 Å². The van der Waals surface area contributed by atoms with Crippen molar-refractivity contribution in [3.05, 3.63) is 52.6 Å². The molecule has 3 nitrogen and oxygen atoms in total. The third kappa shape index (κ3) is 8.04. The van der Waals surface area contributed by atoms with E-state index in [1.54, 1.807) is 7.11 Å². The molecule has 1 heterocycles. The van der Waals surface area contributed by atoms with Crippen LogP contribution in [-0.4, -0.2) is 27.0 Å². The summed E-state index contributed by atoms with van der Waals surface area (Å²) in [7, 11) is 2.40. The monoisotopic (exact) mass is 567 g/mol. The maximum atomic E-state index is 6.60. The fourth-order valence-electron chi connectivity index (χ4n) is 6.05. The van der Waals surface area contributed by atoms with E-state index in [1.807, 2.05) is 0 Å². The second-order valence-electron chi connectivity index (χ2n) is 14.0. The van der Waals surface area contributed by atoms with Crippen LogP contribution in [0, 0.1) is 6.92 Å². The van der Waals surface area contributed by atoms with Crippen LogP contribution in [0.3, 0.4) is 0 Å². The first-order chi connectivity index (χ1) is 18.9. The van der Waals surface area contributed by atoms with Crippen molar-refractivity contribution in [3.63, 3.8) is 0 Å². The molecule has 0 aliphatic carbocycles. The van der Waals surface area contributed by atoms with E-state index in [0.29, 0.717) is 8.58 Å². The van der Waals surface area contributed by atoms with Gasteiger partial charge in [-0.3, -0.25) is 0 Å². The molecular weight excluding hydrogens is 509 g/mol. The molecule has 224 valence electrons. The van der Waals surface area contributed by atoms with Crippen molar-refractivity contribution in [2.24, 2.45) is 0 Å². The van der Waals surface area contributed by atoms with Crippen LogP contribution in [0.15, 0.2) is 30.3 Å². The number of benzene rings is 2. The first-order valence-corrected chi connectivity index (χ1v) is 16.8. The first kappa shape index (κ1) is 32.9. The van der Waals surface area contributed by atoms with Crippen molar-refractivity contribution in [2.45, 2.75) is 130 Å². The van der Waals surface area contributed by atoms with Gasteiger partial charge in [0.1, 0.15) is 5.75 Å². The smallest absolute Gasteiger partial charge is 0.188 e. The lowest BCUT2D eigenvalue weighted by molar-refractivity contribution is 0.0485. The molecule has 0 saturated carbocycles. The van der Waals surface area contributed by atoms with Crippen molar-refractivity contribution in [2.75, 3.05) is 31.9 Å². The maximum Gasteiger partial charge on any atom is 0.188 e. The highest BCUT2D eigenvalue weighted by molar-refractivity contribution is 7.49. The molecule has 4 heteroatoms. The van der Waals surface area contributed by atoms with Crippen LogP contribution >= 0.6 is 8.58 Å². The molecule has 40 heavy (non-hydrogen) atoms. The van der Waals surface area contributed by atoms with Crippen molar-refractivity contribution in [3.8, 4) is 5.75 Å². The summed E-state index contributed by atoms with van der Waals surface area (Å²) in [5.41, 5.74) is 6.91. The molecule has 2 atom stereocenters. The van der Waals surface area contributed by atoms with Crippen molar-refractivity contribution in [1.82, 2.24) is 0 Å². The lowest BCUT2D eigenvalue weighted by atomic mass is 9.76. The summed E-state index contributed by atoms with van der Waals surface area (Å²) in [6.45, 7) is 23.6. The lowest BCUT2D eigenvalue weighted by Crippen LogP contribution is -2.34. The quantitative estimate of drug-likeness (QED) is 0.145. The van der Waals surface area contributed by atoms with Crippen LogP contribution < -0.4 is 14.9 Å². The van der Waals surface area contributed by atoms with Gasteiger partial charge < -0.3 is 14.4 Å². The molecule has 2 aromatic rings. The minimum Gasteiger partial charge on any atom is -0.467 e. The summed E-state index contributed by atoms with van der Waals surface area (Å²) in [5.74, 6) is 1.06. The molecule has 1 aliphatic rings. The second-order valence-corrected chi connectivity index (χ2v) is 15.8. The molecule has 0 amide bonds. The minimum atomic E-state index is -0.0477. The predicted octanol–water partition coefficient (Wildman–Crippen LogP) is 9.75. The zero-order valence-electron chi connectivity index (χ0n) is 27.4. The van der Waals surface area contributed by atoms with Gasteiger partial charge in [-0.05, 0) is 72.4 Å². The lowest BCUT2D eigenvalue weighted by Gasteiger charge is -2.40. The summed E-state index contributed by atoms with van der Waals surface area (Å²) in [5, 5.41) is 1.52. The summed E-state index contributed by atoms with van der Waals surface area (Å²) < 4.78 is 12.1. The Bertz CT molecular complexity index is 1090. The predicted molar refractivity (Wildman–Crippen MR) is 178 cm³/mol. The highest BCUT2D eigenvalue weighted by Crippen LogP contribution is 2.55. The largest absolute Gasteiger partial charge is 0.467 e. The van der Waals surface area contributed by atoms with Gasteiger partial charge >= 0.3 is 0 Å². The molecule has 1 aliphatic heterocycles. The number of piperidine rings is 1. The van der Waals surface area contributed by atoms with Crippen LogP contribution in [0.1, 0.15) is 129 Å². The highest BCUT2D eigenvalue weighted by atomic mass is 31.1. The van der Waals surface area contributed by atoms with Gasteiger partial charge in [-0.25, -0.2) is 0 Å². The maximum absolute atomic E-state index is 6.60. The Morgan fingerprint density at radius 3 is 2.10 bits per heavy atom. The topological polar surface area (TPSA) is 21.7 Å². The molecule has 0 bridgehead atoms. The number of unbranched alkanes of at least 4 members (excludes halogenated alkanes) is 2. The van der Waals surface area contributed by atoms with Crippen molar-refractivity contribution in [1.29, 1.82) is 0 Å². The Morgan fingerprint density at radius 1 is 0.850 bits per heavy atom. The van der Waals surface area contributed by atoms with E-state index in [2.05, 4.69) is 97.5 Å². The molecule has 2 aromatic carbocycles. The number of methoxy groups -OCH3 is 1. The Kier molecular flexibility index (Phi) is 11.6. The average Bonchev–Trinajstić information content (AvgIpc) is 2.91. The molecule has 1 fully saturated rings. The summed E-state index contributed by atoms with van der Waals surface area (Å²) in [4.78, 5) is 2.67. The fraction of sp³-hybridized carbons (Fsp3) is 0.667. The number of hydrogen-bond acceptors (Lipinski definition) is 3. The van der Waals surface area contributed by atoms with E-state index in [0.717, 1.165) is 12.2 Å². The summed E-state index contributed by atoms with van der Waals surface area (Å²) >= 11 is 0. The molecule has 1 saturated heterocycles. The molecule has 0 aromatic heterocycles.